The van der Waals surface area contributed by atoms with Crippen molar-refractivity contribution in [3.05, 3.63) is 17.5 Å². The smallest absolute Gasteiger partial charge is 0.191 e. The zero-order valence-corrected chi connectivity index (χ0v) is 12.0. The number of aryl methyl sites for hydroxylation is 1. The predicted octanol–water partition coefficient (Wildman–Crippen LogP) is 0.785. The molecule has 0 fully saturated rings. The standard InChI is InChI=1S/C10H17N5.HI/c1-8-9(7-14-15(8)2)6-13-10-11-4-3-5-12-10;/h7H,3-6H2,1-2H3,(H2,11,12,13);1H. The molecule has 1 aromatic rings. The molecule has 0 bridgehead atoms. The van der Waals surface area contributed by atoms with E-state index in [1.807, 2.05) is 17.9 Å². The molecule has 0 unspecified atom stereocenters. The van der Waals surface area contributed by atoms with Crippen LogP contribution in [0.25, 0.3) is 0 Å². The second-order valence-electron chi connectivity index (χ2n) is 3.74. The van der Waals surface area contributed by atoms with Crippen molar-refractivity contribution >= 4 is 29.9 Å². The maximum Gasteiger partial charge on any atom is 0.191 e. The quantitative estimate of drug-likeness (QED) is 0.786. The van der Waals surface area contributed by atoms with Crippen LogP contribution >= 0.6 is 24.0 Å². The van der Waals surface area contributed by atoms with Crippen LogP contribution in [0.15, 0.2) is 11.2 Å². The summed E-state index contributed by atoms with van der Waals surface area (Å²) in [7, 11) is 1.95. The van der Waals surface area contributed by atoms with Gasteiger partial charge in [-0.25, -0.2) is 0 Å². The van der Waals surface area contributed by atoms with E-state index in [4.69, 9.17) is 0 Å². The highest BCUT2D eigenvalue weighted by atomic mass is 127. The molecule has 0 saturated carbocycles. The minimum atomic E-state index is 0. The summed E-state index contributed by atoms with van der Waals surface area (Å²) in [6.45, 7) is 4.78. The average molecular weight is 335 g/mol. The first kappa shape index (κ1) is 13.3. The van der Waals surface area contributed by atoms with Gasteiger partial charge >= 0.3 is 0 Å². The molecule has 5 nitrogen and oxygen atoms in total. The summed E-state index contributed by atoms with van der Waals surface area (Å²) >= 11 is 0. The van der Waals surface area contributed by atoms with E-state index >= 15 is 0 Å². The van der Waals surface area contributed by atoms with E-state index in [9.17, 15) is 0 Å². The third-order valence-corrected chi connectivity index (χ3v) is 2.68. The van der Waals surface area contributed by atoms with Crippen molar-refractivity contribution in [1.82, 2.24) is 20.4 Å². The molecule has 2 heterocycles. The second-order valence-corrected chi connectivity index (χ2v) is 3.74. The molecule has 0 atom stereocenters. The highest BCUT2D eigenvalue weighted by Gasteiger charge is 2.06. The zero-order chi connectivity index (χ0) is 10.7. The Bertz CT molecular complexity index is 371. The van der Waals surface area contributed by atoms with E-state index < -0.39 is 0 Å². The molecule has 16 heavy (non-hydrogen) atoms. The van der Waals surface area contributed by atoms with Gasteiger partial charge in [-0.3, -0.25) is 9.67 Å². The lowest BCUT2D eigenvalue weighted by Crippen LogP contribution is -2.40. The van der Waals surface area contributed by atoms with Crippen LogP contribution in [-0.2, 0) is 13.6 Å². The minimum absolute atomic E-state index is 0. The van der Waals surface area contributed by atoms with Crippen LogP contribution in [0.5, 0.6) is 0 Å². The Morgan fingerprint density at radius 3 is 2.94 bits per heavy atom. The molecule has 2 N–H and O–H groups in total. The fourth-order valence-corrected chi connectivity index (χ4v) is 1.55. The Balaban J connectivity index is 0.00000128. The maximum atomic E-state index is 4.35. The number of aliphatic imine (C=N–C) groups is 1. The fraction of sp³-hybridized carbons (Fsp3) is 0.600. The number of nitrogens with one attached hydrogen (secondary N) is 2. The van der Waals surface area contributed by atoms with E-state index in [1.54, 1.807) is 0 Å². The summed E-state index contributed by atoms with van der Waals surface area (Å²) in [5.41, 5.74) is 2.41. The summed E-state index contributed by atoms with van der Waals surface area (Å²) in [5.74, 6) is 0.907. The van der Waals surface area contributed by atoms with Gasteiger partial charge in [-0.05, 0) is 13.3 Å². The minimum Gasteiger partial charge on any atom is -0.356 e. The van der Waals surface area contributed by atoms with Gasteiger partial charge in [0.1, 0.15) is 0 Å². The van der Waals surface area contributed by atoms with Gasteiger partial charge in [0.2, 0.25) is 0 Å². The number of nitrogens with zero attached hydrogens (tertiary/aromatic N) is 3. The fourth-order valence-electron chi connectivity index (χ4n) is 1.55. The zero-order valence-electron chi connectivity index (χ0n) is 9.66. The van der Waals surface area contributed by atoms with E-state index in [0.717, 1.165) is 32.0 Å². The van der Waals surface area contributed by atoms with E-state index in [1.165, 1.54) is 11.3 Å². The summed E-state index contributed by atoms with van der Waals surface area (Å²) in [4.78, 5) is 4.35. The predicted molar refractivity (Wildman–Crippen MR) is 75.1 cm³/mol. The largest absolute Gasteiger partial charge is 0.356 e. The van der Waals surface area contributed by atoms with Crippen molar-refractivity contribution in [3.8, 4) is 0 Å². The molecular formula is C10H18IN5. The Kier molecular flexibility index (Phi) is 5.04. The van der Waals surface area contributed by atoms with E-state index in [-0.39, 0.29) is 24.0 Å². The Hall–Kier alpha value is -0.790. The van der Waals surface area contributed by atoms with Crippen LogP contribution in [0.4, 0.5) is 0 Å². The van der Waals surface area contributed by atoms with Crippen LogP contribution in [0.1, 0.15) is 17.7 Å². The van der Waals surface area contributed by atoms with Crippen LogP contribution in [0.2, 0.25) is 0 Å². The maximum absolute atomic E-state index is 4.35. The molecule has 1 aliphatic rings. The molecule has 90 valence electrons. The second kappa shape index (κ2) is 6.07. The molecule has 2 rings (SSSR count). The summed E-state index contributed by atoms with van der Waals surface area (Å²) in [6.07, 6.45) is 3.02. The number of aromatic nitrogens is 2. The first-order valence-corrected chi connectivity index (χ1v) is 5.27. The van der Waals surface area contributed by atoms with Gasteiger partial charge in [0.15, 0.2) is 5.96 Å². The van der Waals surface area contributed by atoms with Crippen LogP contribution in [-0.4, -0.2) is 28.8 Å². The van der Waals surface area contributed by atoms with E-state index in [2.05, 4.69) is 27.6 Å². The number of hydrogen-bond donors (Lipinski definition) is 2. The topological polar surface area (TPSA) is 54.2 Å². The molecule has 0 aromatic carbocycles. The molecule has 0 aliphatic carbocycles. The van der Waals surface area contributed by atoms with Gasteiger partial charge < -0.3 is 10.6 Å². The third kappa shape index (κ3) is 3.10. The van der Waals surface area contributed by atoms with Crippen LogP contribution in [0, 0.1) is 6.92 Å². The van der Waals surface area contributed by atoms with Crippen molar-refractivity contribution in [2.45, 2.75) is 19.9 Å². The molecule has 6 heteroatoms. The van der Waals surface area contributed by atoms with Gasteiger partial charge in [0.05, 0.1) is 6.20 Å². The van der Waals surface area contributed by atoms with Gasteiger partial charge in [0, 0.05) is 37.9 Å². The Morgan fingerprint density at radius 1 is 1.56 bits per heavy atom. The van der Waals surface area contributed by atoms with Crippen molar-refractivity contribution in [2.75, 3.05) is 13.1 Å². The SMILES string of the molecule is Cc1c(CNC2=NCCCN2)cnn1C.I. The molecule has 1 aromatic heterocycles. The number of guanidine groups is 1. The summed E-state index contributed by atoms with van der Waals surface area (Å²) < 4.78 is 1.88. The number of rotatable bonds is 2. The average Bonchev–Trinajstić information content (AvgIpc) is 2.59. The summed E-state index contributed by atoms with van der Waals surface area (Å²) in [5, 5.41) is 10.7. The lowest BCUT2D eigenvalue weighted by Gasteiger charge is -2.15. The first-order valence-electron chi connectivity index (χ1n) is 5.27. The highest BCUT2D eigenvalue weighted by molar-refractivity contribution is 14.0. The molecule has 1 aliphatic heterocycles. The summed E-state index contributed by atoms with van der Waals surface area (Å²) in [6, 6.07) is 0. The lowest BCUT2D eigenvalue weighted by atomic mass is 10.2. The molecule has 0 amide bonds. The number of halogens is 1. The molecular weight excluding hydrogens is 317 g/mol. The monoisotopic (exact) mass is 335 g/mol. The number of hydrogen-bond acceptors (Lipinski definition) is 4. The highest BCUT2D eigenvalue weighted by Crippen LogP contribution is 2.04. The van der Waals surface area contributed by atoms with Crippen LogP contribution < -0.4 is 10.6 Å². The van der Waals surface area contributed by atoms with Crippen molar-refractivity contribution in [2.24, 2.45) is 12.0 Å². The third-order valence-electron chi connectivity index (χ3n) is 2.68. The molecule has 0 radical (unpaired) electrons. The van der Waals surface area contributed by atoms with Crippen molar-refractivity contribution in [1.29, 1.82) is 0 Å². The normalized spacial score (nSPS) is 14.8. The van der Waals surface area contributed by atoms with Gasteiger partial charge in [0.25, 0.3) is 0 Å². The van der Waals surface area contributed by atoms with Gasteiger partial charge in [-0.1, -0.05) is 0 Å². The molecule has 0 spiro atoms. The first-order chi connectivity index (χ1) is 7.27. The van der Waals surface area contributed by atoms with Crippen molar-refractivity contribution in [3.63, 3.8) is 0 Å². The van der Waals surface area contributed by atoms with Crippen molar-refractivity contribution < 1.29 is 0 Å². The lowest BCUT2D eigenvalue weighted by molar-refractivity contribution is 0.699. The van der Waals surface area contributed by atoms with Gasteiger partial charge in [-0.2, -0.15) is 5.10 Å². The van der Waals surface area contributed by atoms with E-state index in [0.29, 0.717) is 0 Å². The molecule has 0 saturated heterocycles. The van der Waals surface area contributed by atoms with Crippen LogP contribution in [0.3, 0.4) is 0 Å². The Morgan fingerprint density at radius 2 is 2.38 bits per heavy atom. The van der Waals surface area contributed by atoms with Gasteiger partial charge in [-0.15, -0.1) is 24.0 Å². The Labute approximate surface area is 113 Å².